The van der Waals surface area contributed by atoms with Gasteiger partial charge in [0.15, 0.2) is 6.10 Å². The molecule has 0 aliphatic carbocycles. The highest BCUT2D eigenvalue weighted by Gasteiger charge is 2.19. The van der Waals surface area contributed by atoms with Gasteiger partial charge in [-0.05, 0) is 109 Å². The molecule has 0 saturated heterocycles. The molecule has 0 aliphatic rings. The molecule has 0 heterocycles. The van der Waals surface area contributed by atoms with Gasteiger partial charge in [0.25, 0.3) is 0 Å². The number of carbonyl (C=O) groups is 3. The lowest BCUT2D eigenvalue weighted by molar-refractivity contribution is -0.167. The first-order valence-corrected chi connectivity index (χ1v) is 35.1. The summed E-state index contributed by atoms with van der Waals surface area (Å²) in [6, 6.07) is 0. The average Bonchev–Trinajstić information content (AvgIpc) is 3.46. The Morgan fingerprint density at radius 2 is 0.506 bits per heavy atom. The molecule has 81 heavy (non-hydrogen) atoms. The molecule has 0 aromatic heterocycles. The van der Waals surface area contributed by atoms with Gasteiger partial charge in [-0.2, -0.15) is 0 Å². The second-order valence-corrected chi connectivity index (χ2v) is 23.4. The topological polar surface area (TPSA) is 78.9 Å². The van der Waals surface area contributed by atoms with Crippen LogP contribution in [-0.4, -0.2) is 37.2 Å². The first-order valence-electron chi connectivity index (χ1n) is 35.1. The largest absolute Gasteiger partial charge is 0.462 e. The van der Waals surface area contributed by atoms with Crippen molar-refractivity contribution >= 4 is 17.9 Å². The number of allylic oxidation sites excluding steroid dienone is 14. The number of rotatable bonds is 64. The number of hydrogen-bond donors (Lipinski definition) is 0. The monoisotopic (exact) mass is 1130 g/mol. The Balaban J connectivity index is 4.09. The van der Waals surface area contributed by atoms with Gasteiger partial charge in [0.05, 0.1) is 0 Å². The summed E-state index contributed by atoms with van der Waals surface area (Å²) >= 11 is 0. The predicted molar refractivity (Wildman–Crippen MR) is 353 cm³/mol. The van der Waals surface area contributed by atoms with Crippen LogP contribution in [0.5, 0.6) is 0 Å². The Bertz CT molecular complexity index is 1530. The zero-order valence-electron chi connectivity index (χ0n) is 53.8. The van der Waals surface area contributed by atoms with Gasteiger partial charge in [-0.3, -0.25) is 14.4 Å². The summed E-state index contributed by atoms with van der Waals surface area (Å²) in [4.78, 5) is 38.3. The molecule has 0 bridgehead atoms. The molecule has 1 unspecified atom stereocenters. The van der Waals surface area contributed by atoms with E-state index in [1.807, 2.05) is 0 Å². The summed E-state index contributed by atoms with van der Waals surface area (Å²) in [5, 5.41) is 0. The molecular weight excluding hydrogens is 997 g/mol. The van der Waals surface area contributed by atoms with Gasteiger partial charge in [0.2, 0.25) is 0 Å². The summed E-state index contributed by atoms with van der Waals surface area (Å²) in [6.07, 6.45) is 92.0. The number of hydrogen-bond acceptors (Lipinski definition) is 6. The van der Waals surface area contributed by atoms with Crippen molar-refractivity contribution in [2.45, 2.75) is 361 Å². The Morgan fingerprint density at radius 3 is 0.815 bits per heavy atom. The van der Waals surface area contributed by atoms with Crippen LogP contribution in [0, 0.1) is 0 Å². The molecular formula is C75H132O6. The van der Waals surface area contributed by atoms with E-state index in [1.54, 1.807) is 0 Å². The lowest BCUT2D eigenvalue weighted by Gasteiger charge is -2.18. The molecule has 0 aromatic rings. The molecule has 468 valence electrons. The number of esters is 3. The second kappa shape index (κ2) is 69.1. The molecule has 6 heteroatoms. The smallest absolute Gasteiger partial charge is 0.306 e. The van der Waals surface area contributed by atoms with Crippen LogP contribution in [-0.2, 0) is 28.6 Å². The Labute approximate surface area is 503 Å². The fraction of sp³-hybridized carbons (Fsp3) is 0.773. The van der Waals surface area contributed by atoms with Gasteiger partial charge in [-0.1, -0.05) is 311 Å². The predicted octanol–water partition coefficient (Wildman–Crippen LogP) is 24.2. The van der Waals surface area contributed by atoms with Crippen LogP contribution in [0.3, 0.4) is 0 Å². The highest BCUT2D eigenvalue weighted by Crippen LogP contribution is 2.18. The van der Waals surface area contributed by atoms with E-state index in [2.05, 4.69) is 106 Å². The first kappa shape index (κ1) is 77.6. The number of unbranched alkanes of at least 4 members (excludes halogenated alkanes) is 39. The summed E-state index contributed by atoms with van der Waals surface area (Å²) in [7, 11) is 0. The van der Waals surface area contributed by atoms with Crippen LogP contribution >= 0.6 is 0 Å². The molecule has 0 aliphatic heterocycles. The molecule has 6 nitrogen and oxygen atoms in total. The van der Waals surface area contributed by atoms with E-state index >= 15 is 0 Å². The zero-order valence-corrected chi connectivity index (χ0v) is 53.8. The van der Waals surface area contributed by atoms with Crippen LogP contribution in [0.4, 0.5) is 0 Å². The van der Waals surface area contributed by atoms with E-state index in [1.165, 1.54) is 193 Å². The van der Waals surface area contributed by atoms with E-state index < -0.39 is 6.10 Å². The zero-order chi connectivity index (χ0) is 58.5. The maximum atomic E-state index is 12.9. The lowest BCUT2D eigenvalue weighted by atomic mass is 10.0. The minimum Gasteiger partial charge on any atom is -0.462 e. The molecule has 0 spiro atoms. The molecule has 0 N–H and O–H groups in total. The normalized spacial score (nSPS) is 12.6. The molecule has 0 radical (unpaired) electrons. The Kier molecular flexibility index (Phi) is 66.2. The van der Waals surface area contributed by atoms with E-state index in [-0.39, 0.29) is 31.1 Å². The first-order chi connectivity index (χ1) is 40.0. The molecule has 0 saturated carbocycles. The Morgan fingerprint density at radius 1 is 0.259 bits per heavy atom. The van der Waals surface area contributed by atoms with E-state index in [9.17, 15) is 14.4 Å². The molecule has 0 amide bonds. The van der Waals surface area contributed by atoms with Gasteiger partial charge in [0, 0.05) is 19.3 Å². The fourth-order valence-corrected chi connectivity index (χ4v) is 10.1. The second-order valence-electron chi connectivity index (χ2n) is 23.4. The van der Waals surface area contributed by atoms with Gasteiger partial charge in [0.1, 0.15) is 13.2 Å². The van der Waals surface area contributed by atoms with Gasteiger partial charge < -0.3 is 14.2 Å². The molecule has 0 aromatic carbocycles. The maximum absolute atomic E-state index is 12.9. The number of ether oxygens (including phenoxy) is 3. The van der Waals surface area contributed by atoms with Crippen molar-refractivity contribution in [2.24, 2.45) is 0 Å². The van der Waals surface area contributed by atoms with Crippen molar-refractivity contribution in [1.29, 1.82) is 0 Å². The lowest BCUT2D eigenvalue weighted by Crippen LogP contribution is -2.30. The van der Waals surface area contributed by atoms with Gasteiger partial charge in [-0.25, -0.2) is 0 Å². The average molecular weight is 1130 g/mol. The van der Waals surface area contributed by atoms with Crippen molar-refractivity contribution < 1.29 is 28.6 Å². The SMILES string of the molecule is CC/C=C\C/C=C\C/C=C\C/C=C\CCCCCCCCCCCCCCCCCCCCCCCCC(=O)OCC(COC(=O)CCCCCCC/C=C\C/C=C\CCC)OC(=O)CCCCCCC/C=C\CCCCCCCC. The third-order valence-electron chi connectivity index (χ3n) is 15.3. The van der Waals surface area contributed by atoms with Crippen LogP contribution in [0.1, 0.15) is 355 Å². The van der Waals surface area contributed by atoms with Crippen LogP contribution in [0.15, 0.2) is 85.1 Å². The summed E-state index contributed by atoms with van der Waals surface area (Å²) < 4.78 is 16.9. The minimum atomic E-state index is -0.784. The highest BCUT2D eigenvalue weighted by atomic mass is 16.6. The third kappa shape index (κ3) is 67.3. The summed E-state index contributed by atoms with van der Waals surface area (Å²) in [5.41, 5.74) is 0. The fourth-order valence-electron chi connectivity index (χ4n) is 10.1. The van der Waals surface area contributed by atoms with Crippen LogP contribution in [0.2, 0.25) is 0 Å². The van der Waals surface area contributed by atoms with Gasteiger partial charge >= 0.3 is 17.9 Å². The highest BCUT2D eigenvalue weighted by molar-refractivity contribution is 5.71. The van der Waals surface area contributed by atoms with Crippen molar-refractivity contribution in [3.8, 4) is 0 Å². The summed E-state index contributed by atoms with van der Waals surface area (Å²) in [5.74, 6) is -0.886. The van der Waals surface area contributed by atoms with Crippen LogP contribution in [0.25, 0.3) is 0 Å². The minimum absolute atomic E-state index is 0.0798. The molecule has 0 rings (SSSR count). The van der Waals surface area contributed by atoms with Crippen molar-refractivity contribution in [3.05, 3.63) is 85.1 Å². The Hall–Kier alpha value is -3.41. The van der Waals surface area contributed by atoms with Crippen molar-refractivity contribution in [1.82, 2.24) is 0 Å². The number of carbonyl (C=O) groups excluding carboxylic acids is 3. The van der Waals surface area contributed by atoms with Crippen LogP contribution < -0.4 is 0 Å². The summed E-state index contributed by atoms with van der Waals surface area (Å²) in [6.45, 7) is 6.48. The van der Waals surface area contributed by atoms with Gasteiger partial charge in [-0.15, -0.1) is 0 Å². The standard InChI is InChI=1S/C75H132O6/c1-4-7-10-13-16-19-22-25-27-28-29-30-31-32-33-34-35-36-37-38-39-40-41-42-43-44-45-46-48-50-53-56-59-62-65-68-74(77)80-71-72(70-79-73(76)67-64-61-58-55-52-49-24-21-18-15-12-9-6-3)81-75(78)69-66-63-60-57-54-51-47-26-23-20-17-14-11-8-5-2/h7,10,12,15-16,19,21,24-27,29-30,47,72H,4-6,8-9,11,13-14,17-18,20,22-23,28,31-46,48-71H2,1-3H3/b10-7-,15-12-,19-16-,24-21-,27-25-,30-29-,47-26-. The third-order valence-corrected chi connectivity index (χ3v) is 15.3. The maximum Gasteiger partial charge on any atom is 0.306 e. The van der Waals surface area contributed by atoms with Crippen molar-refractivity contribution in [2.75, 3.05) is 13.2 Å². The van der Waals surface area contributed by atoms with E-state index in [4.69, 9.17) is 14.2 Å². The molecule has 0 fully saturated rings. The van der Waals surface area contributed by atoms with Crippen molar-refractivity contribution in [3.63, 3.8) is 0 Å². The van der Waals surface area contributed by atoms with E-state index in [0.29, 0.717) is 19.3 Å². The molecule has 1 atom stereocenters. The van der Waals surface area contributed by atoms with E-state index in [0.717, 1.165) is 122 Å². The quantitative estimate of drug-likeness (QED) is 0.0261.